The minimum Gasteiger partial charge on any atom is -0.493 e. The average Bonchev–Trinajstić information content (AvgIpc) is 1.34. The number of para-hydroxylation sites is 1. The molecule has 0 saturated heterocycles. The number of aryl methyl sites for hydroxylation is 2. The number of benzene rings is 3. The monoisotopic (exact) mass is 1490 g/mol. The first-order valence-electron chi connectivity index (χ1n) is 28.3. The maximum absolute atomic E-state index is 13.7. The van der Waals surface area contributed by atoms with Crippen molar-refractivity contribution in [3.8, 4) is 35.3 Å². The number of aromatic nitrogens is 12. The smallest absolute Gasteiger partial charge is 0.418 e. The van der Waals surface area contributed by atoms with Crippen LogP contribution in [0.15, 0.2) is 106 Å². The summed E-state index contributed by atoms with van der Waals surface area (Å²) >= 11 is 6.13. The molecule has 0 spiro atoms. The lowest BCUT2D eigenvalue weighted by atomic mass is 10.0. The zero-order valence-electron chi connectivity index (χ0n) is 53.3. The molecule has 0 radical (unpaired) electrons. The van der Waals surface area contributed by atoms with Crippen LogP contribution in [0.1, 0.15) is 72.3 Å². The number of nitrogens with one attached hydrogen (secondary N) is 2. The molecule has 536 valence electrons. The summed E-state index contributed by atoms with van der Waals surface area (Å²) in [6.07, 6.45) is -1.65. The van der Waals surface area contributed by atoms with Crippen molar-refractivity contribution in [1.29, 1.82) is 0 Å². The van der Waals surface area contributed by atoms with Crippen molar-refractivity contribution < 1.29 is 108 Å². The first-order valence-corrected chi connectivity index (χ1v) is 33.6. The Kier molecular flexibility index (Phi) is 24.3. The Bertz CT molecular complexity index is 5010. The van der Waals surface area contributed by atoms with Gasteiger partial charge in [-0.1, -0.05) is 37.4 Å². The van der Waals surface area contributed by atoms with E-state index in [0.717, 1.165) is 84.0 Å². The SMILES string of the molecule is CCCCCC(C)OC(=O)COc1ccc(Cl)c2cccnc12.COc1cc(OC)n2nc(NS(=O)(=O)c3c(C(F)(F)F)ccnc3OC)nc2n1.COc1ncc(F)c2nc(S(=O)(=O)Nc3c(F)cccc3F)nn12.Cc1nn(C)c(O)c1C(=O)c1ccc(C(F)(F)F)cc1S(C)(=O)=O. The minimum atomic E-state index is -4.98. The number of carbonyl (C=O) groups excluding carboxylic acids is 2. The highest BCUT2D eigenvalue weighted by Crippen LogP contribution is 2.39. The molecule has 7 aromatic heterocycles. The maximum atomic E-state index is 13.7. The number of halogens is 10. The van der Waals surface area contributed by atoms with Crippen molar-refractivity contribution in [1.82, 2.24) is 58.9 Å². The molecular formula is C58H56ClF9N14O15S3. The van der Waals surface area contributed by atoms with E-state index in [9.17, 15) is 79.5 Å². The molecule has 10 aromatic rings. The number of carbonyl (C=O) groups is 2. The second kappa shape index (κ2) is 31.6. The number of anilines is 2. The van der Waals surface area contributed by atoms with Crippen molar-refractivity contribution in [2.45, 2.75) is 79.9 Å². The summed E-state index contributed by atoms with van der Waals surface area (Å²) in [5, 5.41) is 21.6. The van der Waals surface area contributed by atoms with Gasteiger partial charge in [0.05, 0.1) is 73.5 Å². The number of ether oxygens (including phenoxy) is 6. The average molecular weight is 1490 g/mol. The number of alkyl halides is 6. The molecule has 1 atom stereocenters. The molecule has 1 unspecified atom stereocenters. The molecule has 7 heterocycles. The Morgan fingerprint density at radius 2 is 1.44 bits per heavy atom. The minimum absolute atomic E-state index is 0.0854. The van der Waals surface area contributed by atoms with Crippen molar-refractivity contribution in [3.05, 3.63) is 142 Å². The number of sulfonamides is 2. The van der Waals surface area contributed by atoms with Gasteiger partial charge in [0.2, 0.25) is 29.3 Å². The van der Waals surface area contributed by atoms with Gasteiger partial charge in [0.1, 0.15) is 34.2 Å². The first-order chi connectivity index (χ1) is 46.9. The summed E-state index contributed by atoms with van der Waals surface area (Å²) in [5.41, 5.74) is -3.98. The summed E-state index contributed by atoms with van der Waals surface area (Å²) < 4.78 is 230. The fraction of sp³-hybridized carbons (Fsp3) is 0.293. The molecule has 3 aromatic carbocycles. The van der Waals surface area contributed by atoms with E-state index in [-0.39, 0.29) is 53.5 Å². The summed E-state index contributed by atoms with van der Waals surface area (Å²) in [5.74, 6) is -5.70. The molecule has 0 fully saturated rings. The van der Waals surface area contributed by atoms with E-state index in [0.29, 0.717) is 45.3 Å². The van der Waals surface area contributed by atoms with Gasteiger partial charge in [-0.15, -0.1) is 10.2 Å². The summed E-state index contributed by atoms with van der Waals surface area (Å²) in [4.78, 5) is 45.1. The number of ketones is 1. The van der Waals surface area contributed by atoms with E-state index in [2.05, 4.69) is 52.1 Å². The van der Waals surface area contributed by atoms with Gasteiger partial charge in [-0.2, -0.15) is 63.8 Å². The van der Waals surface area contributed by atoms with Gasteiger partial charge in [0, 0.05) is 36.6 Å². The van der Waals surface area contributed by atoms with E-state index < -0.39 is 126 Å². The van der Waals surface area contributed by atoms with E-state index in [1.807, 2.05) is 23.8 Å². The Morgan fingerprint density at radius 1 is 0.740 bits per heavy atom. The maximum Gasteiger partial charge on any atom is 0.418 e. The molecule has 100 heavy (non-hydrogen) atoms. The standard InChI is InChI=1S/C18H22ClNO3.C14H13F3N6O5S.C14H13F3N2O4S.C12H8F3N5O3S/c1-3-4-5-7-13(2)23-17(21)12-22-16-10-9-15(19)14-8-6-11-20-18(14)16;1-26-8-6-9(27-2)23-13(19-8)20-12(21-23)22-29(24,25)10-7(14(15,16)17)4-5-18-11(10)28-3;1-7-11(13(21)19(2)18-7)12(20)9-5-4-8(14(15,16)17)6-10(9)24(3,22)23;1-23-12-16-5-8(15)10-17-11(18-20(10)12)24(21,22)19-9-6(13)3-2-4-7(9)14/h6,8-11,13H,3-5,7,12H2,1-2H3;4-6H,1-3H3,(H,21,22);4-6,21H,1-3H3;2-5,19H,1H3. The summed E-state index contributed by atoms with van der Waals surface area (Å²) in [6.45, 7) is 5.34. The van der Waals surface area contributed by atoms with Crippen molar-refractivity contribution in [2.24, 2.45) is 7.05 Å². The number of nitrogens with zero attached hydrogens (tertiary/aromatic N) is 12. The zero-order valence-corrected chi connectivity index (χ0v) is 56.5. The topological polar surface area (TPSA) is 366 Å². The quantitative estimate of drug-likeness (QED) is 0.0261. The molecule has 29 nitrogen and oxygen atoms in total. The molecule has 0 aliphatic rings. The second-order valence-electron chi connectivity index (χ2n) is 20.5. The van der Waals surface area contributed by atoms with Gasteiger partial charge in [0.15, 0.2) is 32.8 Å². The predicted molar refractivity (Wildman–Crippen MR) is 334 cm³/mol. The molecule has 0 amide bonds. The van der Waals surface area contributed by atoms with Crippen LogP contribution in [-0.4, -0.2) is 148 Å². The predicted octanol–water partition coefficient (Wildman–Crippen LogP) is 9.58. The fourth-order valence-electron chi connectivity index (χ4n) is 8.78. The number of rotatable bonds is 21. The van der Waals surface area contributed by atoms with E-state index in [1.165, 1.54) is 41.4 Å². The largest absolute Gasteiger partial charge is 0.493 e. The molecule has 0 aliphatic carbocycles. The van der Waals surface area contributed by atoms with Crippen LogP contribution in [0.4, 0.5) is 51.1 Å². The van der Waals surface area contributed by atoms with Gasteiger partial charge in [-0.05, 0) is 87.4 Å². The number of methoxy groups -OCH3 is 4. The van der Waals surface area contributed by atoms with E-state index in [1.54, 1.807) is 23.1 Å². The third-order valence-corrected chi connectivity index (χ3v) is 17.4. The van der Waals surface area contributed by atoms with Crippen LogP contribution in [0.2, 0.25) is 5.02 Å². The molecule has 10 rings (SSSR count). The Hall–Kier alpha value is -10.4. The van der Waals surface area contributed by atoms with Crippen LogP contribution >= 0.6 is 11.6 Å². The van der Waals surface area contributed by atoms with Gasteiger partial charge in [0.25, 0.3) is 36.9 Å². The van der Waals surface area contributed by atoms with Crippen LogP contribution in [-0.2, 0) is 58.8 Å². The second-order valence-corrected chi connectivity index (χ2v) is 26.0. The number of fused-ring (bicyclic) bond motifs is 3. The summed E-state index contributed by atoms with van der Waals surface area (Å²) in [7, 11) is -7.33. The highest BCUT2D eigenvalue weighted by molar-refractivity contribution is 7.93. The highest BCUT2D eigenvalue weighted by Gasteiger charge is 2.41. The van der Waals surface area contributed by atoms with Gasteiger partial charge in [-0.25, -0.2) is 54.2 Å². The molecule has 0 aliphatic heterocycles. The highest BCUT2D eigenvalue weighted by atomic mass is 35.5. The first kappa shape index (κ1) is 76.9. The van der Waals surface area contributed by atoms with Crippen molar-refractivity contribution in [3.63, 3.8) is 0 Å². The molecule has 0 saturated carbocycles. The number of pyridine rings is 2. The Morgan fingerprint density at radius 3 is 2.04 bits per heavy atom. The van der Waals surface area contributed by atoms with Crippen LogP contribution in [0.3, 0.4) is 0 Å². The molecular weight excluding hydrogens is 1440 g/mol. The number of unbranched alkanes of at least 4 members (excludes halogenated alkanes) is 2. The third-order valence-electron chi connectivity index (χ3n) is 13.4. The van der Waals surface area contributed by atoms with Crippen molar-refractivity contribution in [2.75, 3.05) is 50.7 Å². The third kappa shape index (κ3) is 18.3. The number of hydrogen-bond acceptors (Lipinski definition) is 24. The number of sulfone groups is 1. The van der Waals surface area contributed by atoms with Crippen molar-refractivity contribution >= 4 is 87.2 Å². The van der Waals surface area contributed by atoms with Gasteiger partial charge < -0.3 is 33.5 Å². The number of aromatic hydroxyl groups is 1. The Balaban J connectivity index is 0.000000188. The van der Waals surface area contributed by atoms with Crippen LogP contribution in [0.5, 0.6) is 35.3 Å². The van der Waals surface area contributed by atoms with Gasteiger partial charge >= 0.3 is 24.3 Å². The van der Waals surface area contributed by atoms with Crippen LogP contribution in [0.25, 0.3) is 22.3 Å². The van der Waals surface area contributed by atoms with Gasteiger partial charge in [-0.3, -0.25) is 14.5 Å². The zero-order chi connectivity index (χ0) is 74.0. The van der Waals surface area contributed by atoms with E-state index in [4.69, 9.17) is 40.0 Å². The lowest BCUT2D eigenvalue weighted by molar-refractivity contribution is -0.151. The van der Waals surface area contributed by atoms with Crippen LogP contribution in [0, 0.1) is 24.4 Å². The molecule has 42 heteroatoms. The number of hydrogen-bond donors (Lipinski definition) is 3. The van der Waals surface area contributed by atoms with Crippen LogP contribution < -0.4 is 33.1 Å². The Labute approximate surface area is 566 Å². The molecule has 0 bridgehead atoms. The lowest BCUT2D eigenvalue weighted by Crippen LogP contribution is -2.21. The molecule has 3 N–H and O–H groups in total. The normalized spacial score (nSPS) is 12.1. The number of esters is 1. The van der Waals surface area contributed by atoms with E-state index >= 15 is 0 Å². The fourth-order valence-corrected chi connectivity index (χ4v) is 12.1. The summed E-state index contributed by atoms with van der Waals surface area (Å²) in [6, 6.07) is 13.4. The lowest BCUT2D eigenvalue weighted by Gasteiger charge is -2.15.